The zero-order valence-corrected chi connectivity index (χ0v) is 14.3. The Bertz CT molecular complexity index is 528. The number of carbonyl (C=O) groups excluding carboxylic acids is 2. The summed E-state index contributed by atoms with van der Waals surface area (Å²) in [5.74, 6) is 0.691. The Morgan fingerprint density at radius 2 is 1.92 bits per heavy atom. The molecule has 1 aliphatic heterocycles. The predicted molar refractivity (Wildman–Crippen MR) is 92.5 cm³/mol. The molecule has 1 heterocycles. The van der Waals surface area contributed by atoms with Gasteiger partial charge in [-0.3, -0.25) is 14.5 Å². The second-order valence-electron chi connectivity index (χ2n) is 6.28. The molecule has 2 amide bonds. The molecule has 0 radical (unpaired) electrons. The molecule has 1 aliphatic rings. The Morgan fingerprint density at radius 3 is 2.54 bits per heavy atom. The number of benzene rings is 1. The van der Waals surface area contributed by atoms with E-state index >= 15 is 0 Å². The Hall–Kier alpha value is -2.08. The van der Waals surface area contributed by atoms with E-state index in [4.69, 9.17) is 10.5 Å². The zero-order chi connectivity index (χ0) is 17.4. The summed E-state index contributed by atoms with van der Waals surface area (Å²) in [6.45, 7) is 3.17. The summed E-state index contributed by atoms with van der Waals surface area (Å²) >= 11 is 0. The summed E-state index contributed by atoms with van der Waals surface area (Å²) in [4.78, 5) is 27.2. The monoisotopic (exact) mass is 333 g/mol. The van der Waals surface area contributed by atoms with Crippen molar-refractivity contribution in [3.8, 4) is 5.75 Å². The molecule has 1 fully saturated rings. The summed E-state index contributed by atoms with van der Waals surface area (Å²) in [5, 5.41) is 0. The van der Waals surface area contributed by atoms with E-state index in [9.17, 15) is 9.59 Å². The first-order valence-corrected chi connectivity index (χ1v) is 8.49. The van der Waals surface area contributed by atoms with Crippen molar-refractivity contribution in [2.45, 2.75) is 19.3 Å². The highest BCUT2D eigenvalue weighted by Gasteiger charge is 2.24. The Labute approximate surface area is 143 Å². The average molecular weight is 333 g/mol. The number of primary amides is 1. The van der Waals surface area contributed by atoms with Crippen molar-refractivity contribution in [2.75, 3.05) is 39.8 Å². The van der Waals surface area contributed by atoms with Gasteiger partial charge < -0.3 is 15.4 Å². The summed E-state index contributed by atoms with van der Waals surface area (Å²) in [6.07, 6.45) is 2.29. The summed E-state index contributed by atoms with van der Waals surface area (Å²) in [5.41, 5.74) is 5.33. The minimum absolute atomic E-state index is 0.0378. The topological polar surface area (TPSA) is 75.9 Å². The smallest absolute Gasteiger partial charge is 0.236 e. The van der Waals surface area contributed by atoms with Crippen molar-refractivity contribution in [3.05, 3.63) is 30.3 Å². The number of likely N-dealkylation sites (N-methyl/N-ethyl adjacent to an activating group) is 1. The normalized spacial score (nSPS) is 15.9. The van der Waals surface area contributed by atoms with Crippen molar-refractivity contribution in [3.63, 3.8) is 0 Å². The van der Waals surface area contributed by atoms with Gasteiger partial charge in [0, 0.05) is 19.5 Å². The zero-order valence-electron chi connectivity index (χ0n) is 14.3. The number of amides is 2. The van der Waals surface area contributed by atoms with Gasteiger partial charge in [0.25, 0.3) is 0 Å². The van der Waals surface area contributed by atoms with Crippen LogP contribution in [-0.2, 0) is 9.59 Å². The van der Waals surface area contributed by atoms with E-state index in [1.54, 1.807) is 4.90 Å². The van der Waals surface area contributed by atoms with Gasteiger partial charge in [-0.2, -0.15) is 0 Å². The molecule has 0 atom stereocenters. The molecule has 1 saturated heterocycles. The number of para-hydroxylation sites is 1. The van der Waals surface area contributed by atoms with Gasteiger partial charge in [-0.1, -0.05) is 18.2 Å². The molecule has 2 rings (SSSR count). The van der Waals surface area contributed by atoms with Crippen LogP contribution in [0.25, 0.3) is 0 Å². The van der Waals surface area contributed by atoms with Crippen LogP contribution in [0, 0.1) is 5.92 Å². The third kappa shape index (κ3) is 5.85. The molecule has 1 aromatic carbocycles. The van der Waals surface area contributed by atoms with Gasteiger partial charge in [-0.05, 0) is 44.5 Å². The van der Waals surface area contributed by atoms with Crippen molar-refractivity contribution in [2.24, 2.45) is 11.7 Å². The molecule has 24 heavy (non-hydrogen) atoms. The van der Waals surface area contributed by atoms with Crippen LogP contribution in [0.4, 0.5) is 0 Å². The lowest BCUT2D eigenvalue weighted by atomic mass is 9.96. The van der Waals surface area contributed by atoms with E-state index in [0.717, 1.165) is 38.1 Å². The van der Waals surface area contributed by atoms with Gasteiger partial charge in [0.15, 0.2) is 0 Å². The predicted octanol–water partition coefficient (Wildman–Crippen LogP) is 1.11. The molecule has 0 spiro atoms. The standard InChI is InChI=1S/C18H27N3O3/c1-20(10-5-13-24-16-6-3-2-4-7-16)17(22)14-21-11-8-15(9-12-21)18(19)23/h2-4,6-7,15H,5,8-14H2,1H3,(H2,19,23). The number of rotatable bonds is 8. The van der Waals surface area contributed by atoms with Crippen LogP contribution in [-0.4, -0.2) is 61.4 Å². The minimum Gasteiger partial charge on any atom is -0.494 e. The molecule has 132 valence electrons. The highest BCUT2D eigenvalue weighted by atomic mass is 16.5. The van der Waals surface area contributed by atoms with Gasteiger partial charge in [-0.25, -0.2) is 0 Å². The Morgan fingerprint density at radius 1 is 1.25 bits per heavy atom. The number of ether oxygens (including phenoxy) is 1. The molecule has 0 unspecified atom stereocenters. The van der Waals surface area contributed by atoms with Crippen LogP contribution in [0.5, 0.6) is 5.75 Å². The number of likely N-dealkylation sites (tertiary alicyclic amines) is 1. The minimum atomic E-state index is -0.225. The van der Waals surface area contributed by atoms with Gasteiger partial charge in [-0.15, -0.1) is 0 Å². The van der Waals surface area contributed by atoms with Crippen LogP contribution in [0.2, 0.25) is 0 Å². The van der Waals surface area contributed by atoms with E-state index < -0.39 is 0 Å². The second-order valence-corrected chi connectivity index (χ2v) is 6.28. The number of nitrogens with zero attached hydrogens (tertiary/aromatic N) is 2. The lowest BCUT2D eigenvalue weighted by Crippen LogP contribution is -2.44. The first-order chi connectivity index (χ1) is 11.6. The van der Waals surface area contributed by atoms with Crippen LogP contribution < -0.4 is 10.5 Å². The molecule has 6 heteroatoms. The first-order valence-electron chi connectivity index (χ1n) is 8.49. The maximum atomic E-state index is 12.2. The van der Waals surface area contributed by atoms with Crippen LogP contribution in [0.15, 0.2) is 30.3 Å². The summed E-state index contributed by atoms with van der Waals surface area (Å²) < 4.78 is 5.63. The molecule has 6 nitrogen and oxygen atoms in total. The third-order valence-corrected chi connectivity index (χ3v) is 4.42. The van der Waals surface area contributed by atoms with Crippen LogP contribution in [0.1, 0.15) is 19.3 Å². The van der Waals surface area contributed by atoms with Crippen LogP contribution in [0.3, 0.4) is 0 Å². The molecule has 2 N–H and O–H groups in total. The van der Waals surface area contributed by atoms with Crippen molar-refractivity contribution in [1.82, 2.24) is 9.80 Å². The maximum Gasteiger partial charge on any atom is 0.236 e. The summed E-state index contributed by atoms with van der Waals surface area (Å²) in [6, 6.07) is 9.67. The van der Waals surface area contributed by atoms with Crippen LogP contribution >= 0.6 is 0 Å². The van der Waals surface area contributed by atoms with Crippen molar-refractivity contribution in [1.29, 1.82) is 0 Å². The third-order valence-electron chi connectivity index (χ3n) is 4.42. The van der Waals surface area contributed by atoms with E-state index in [0.29, 0.717) is 19.7 Å². The van der Waals surface area contributed by atoms with Gasteiger partial charge in [0.05, 0.1) is 13.2 Å². The van der Waals surface area contributed by atoms with E-state index in [2.05, 4.69) is 4.90 Å². The van der Waals surface area contributed by atoms with Gasteiger partial charge in [0.1, 0.15) is 5.75 Å². The molecule has 0 aromatic heterocycles. The Kier molecular flexibility index (Phi) is 7.06. The highest BCUT2D eigenvalue weighted by Crippen LogP contribution is 2.16. The molecule has 1 aromatic rings. The van der Waals surface area contributed by atoms with Gasteiger partial charge in [0.2, 0.25) is 11.8 Å². The number of carbonyl (C=O) groups is 2. The van der Waals surface area contributed by atoms with E-state index in [1.165, 1.54) is 0 Å². The number of piperidine rings is 1. The van der Waals surface area contributed by atoms with Gasteiger partial charge >= 0.3 is 0 Å². The lowest BCUT2D eigenvalue weighted by Gasteiger charge is -2.31. The number of nitrogens with two attached hydrogens (primary N) is 1. The number of hydrogen-bond donors (Lipinski definition) is 1. The largest absolute Gasteiger partial charge is 0.494 e. The molecular weight excluding hydrogens is 306 g/mol. The SMILES string of the molecule is CN(CCCOc1ccccc1)C(=O)CN1CCC(C(N)=O)CC1. The van der Waals surface area contributed by atoms with Crippen molar-refractivity contribution >= 4 is 11.8 Å². The Balaban J connectivity index is 1.61. The highest BCUT2D eigenvalue weighted by molar-refractivity contribution is 5.78. The fourth-order valence-electron chi connectivity index (χ4n) is 2.82. The van der Waals surface area contributed by atoms with Crippen molar-refractivity contribution < 1.29 is 14.3 Å². The first kappa shape index (κ1) is 18.3. The maximum absolute atomic E-state index is 12.2. The quantitative estimate of drug-likeness (QED) is 0.723. The van der Waals surface area contributed by atoms with E-state index in [-0.39, 0.29) is 17.7 Å². The molecular formula is C18H27N3O3. The van der Waals surface area contributed by atoms with E-state index in [1.807, 2.05) is 37.4 Å². The molecule has 0 saturated carbocycles. The number of hydrogen-bond acceptors (Lipinski definition) is 4. The molecule has 0 bridgehead atoms. The summed E-state index contributed by atoms with van der Waals surface area (Å²) in [7, 11) is 1.82. The fourth-order valence-corrected chi connectivity index (χ4v) is 2.82. The average Bonchev–Trinajstić information content (AvgIpc) is 2.60. The lowest BCUT2D eigenvalue weighted by molar-refractivity contribution is -0.131. The second kappa shape index (κ2) is 9.27. The fraction of sp³-hybridized carbons (Fsp3) is 0.556. The molecule has 0 aliphatic carbocycles.